The van der Waals surface area contributed by atoms with Crippen LogP contribution in [0, 0.1) is 10.1 Å². The number of rotatable bonds is 7. The van der Waals surface area contributed by atoms with E-state index < -0.39 is 0 Å². The molecule has 1 aromatic rings. The lowest BCUT2D eigenvalue weighted by Crippen LogP contribution is -2.28. The SMILES string of the molecule is CCCc1nn(C)c(CC(C)NCC)c1[N+](=O)[O-]. The highest BCUT2D eigenvalue weighted by molar-refractivity contribution is 5.41. The third-order valence-corrected chi connectivity index (χ3v) is 2.93. The zero-order chi connectivity index (χ0) is 13.7. The number of nitrogens with one attached hydrogen (secondary N) is 1. The fourth-order valence-corrected chi connectivity index (χ4v) is 2.16. The highest BCUT2D eigenvalue weighted by Gasteiger charge is 2.26. The van der Waals surface area contributed by atoms with Crippen LogP contribution in [0.2, 0.25) is 0 Å². The molecule has 0 aliphatic carbocycles. The third-order valence-electron chi connectivity index (χ3n) is 2.93. The van der Waals surface area contributed by atoms with Crippen LogP contribution in [0.4, 0.5) is 5.69 Å². The maximum Gasteiger partial charge on any atom is 0.313 e. The van der Waals surface area contributed by atoms with Gasteiger partial charge in [-0.1, -0.05) is 20.3 Å². The van der Waals surface area contributed by atoms with Crippen molar-refractivity contribution in [1.29, 1.82) is 0 Å². The molecule has 1 aromatic heterocycles. The number of nitro groups is 1. The predicted molar refractivity (Wildman–Crippen MR) is 70.7 cm³/mol. The van der Waals surface area contributed by atoms with E-state index >= 15 is 0 Å². The van der Waals surface area contributed by atoms with Gasteiger partial charge in [-0.15, -0.1) is 0 Å². The van der Waals surface area contributed by atoms with Crippen LogP contribution in [-0.4, -0.2) is 27.3 Å². The largest absolute Gasteiger partial charge is 0.314 e. The second kappa shape index (κ2) is 6.49. The predicted octanol–water partition coefficient (Wildman–Crippen LogP) is 1.82. The Hall–Kier alpha value is -1.43. The Morgan fingerprint density at radius 2 is 2.17 bits per heavy atom. The molecule has 0 aromatic carbocycles. The van der Waals surface area contributed by atoms with E-state index in [1.165, 1.54) is 0 Å². The van der Waals surface area contributed by atoms with Crippen molar-refractivity contribution >= 4 is 5.69 Å². The second-order valence-corrected chi connectivity index (χ2v) is 4.54. The van der Waals surface area contributed by atoms with Gasteiger partial charge in [-0.05, 0) is 19.9 Å². The normalized spacial score (nSPS) is 12.7. The number of nitrogens with zero attached hydrogens (tertiary/aromatic N) is 3. The van der Waals surface area contributed by atoms with Crippen LogP contribution < -0.4 is 5.32 Å². The standard InChI is InChI=1S/C12H22N4O2/c1-5-7-10-12(16(17)18)11(15(4)14-10)8-9(3)13-6-2/h9,13H,5-8H2,1-4H3. The van der Waals surface area contributed by atoms with Gasteiger partial charge in [0.15, 0.2) is 0 Å². The quantitative estimate of drug-likeness (QED) is 0.595. The third kappa shape index (κ3) is 3.29. The Balaban J connectivity index is 3.05. The van der Waals surface area contributed by atoms with Crippen molar-refractivity contribution in [3.8, 4) is 0 Å². The Morgan fingerprint density at radius 3 is 2.67 bits per heavy atom. The van der Waals surface area contributed by atoms with Crippen LogP contribution >= 0.6 is 0 Å². The van der Waals surface area contributed by atoms with E-state index in [9.17, 15) is 10.1 Å². The van der Waals surface area contributed by atoms with Gasteiger partial charge in [-0.3, -0.25) is 14.8 Å². The summed E-state index contributed by atoms with van der Waals surface area (Å²) in [6.45, 7) is 6.91. The smallest absolute Gasteiger partial charge is 0.313 e. The number of hydrogen-bond donors (Lipinski definition) is 1. The molecule has 0 spiro atoms. The first-order chi connectivity index (χ1) is 8.51. The van der Waals surface area contributed by atoms with Crippen molar-refractivity contribution < 1.29 is 4.92 Å². The molecule has 6 heteroatoms. The van der Waals surface area contributed by atoms with Crippen LogP contribution in [0.5, 0.6) is 0 Å². The molecule has 1 atom stereocenters. The Kier molecular flexibility index (Phi) is 5.27. The van der Waals surface area contributed by atoms with E-state index in [4.69, 9.17) is 0 Å². The van der Waals surface area contributed by atoms with Crippen LogP contribution in [0.15, 0.2) is 0 Å². The molecule has 1 N–H and O–H groups in total. The van der Waals surface area contributed by atoms with Gasteiger partial charge in [-0.25, -0.2) is 0 Å². The first-order valence-corrected chi connectivity index (χ1v) is 6.43. The summed E-state index contributed by atoms with van der Waals surface area (Å²) in [4.78, 5) is 10.9. The van der Waals surface area contributed by atoms with Crippen molar-refractivity contribution in [1.82, 2.24) is 15.1 Å². The van der Waals surface area contributed by atoms with Crippen molar-refractivity contribution in [2.45, 2.75) is 46.1 Å². The van der Waals surface area contributed by atoms with E-state index in [0.717, 1.165) is 13.0 Å². The average molecular weight is 254 g/mol. The molecule has 0 bridgehead atoms. The Bertz CT molecular complexity index is 414. The summed E-state index contributed by atoms with van der Waals surface area (Å²) in [5.41, 5.74) is 1.50. The maximum atomic E-state index is 11.2. The minimum atomic E-state index is -0.300. The van der Waals surface area contributed by atoms with Gasteiger partial charge in [0.05, 0.1) is 4.92 Å². The lowest BCUT2D eigenvalue weighted by atomic mass is 10.1. The maximum absolute atomic E-state index is 11.2. The van der Waals surface area contributed by atoms with E-state index in [-0.39, 0.29) is 16.7 Å². The molecule has 1 heterocycles. The zero-order valence-corrected chi connectivity index (χ0v) is 11.6. The molecule has 6 nitrogen and oxygen atoms in total. The van der Waals surface area contributed by atoms with Crippen LogP contribution in [0.1, 0.15) is 38.6 Å². The molecule has 0 saturated heterocycles. The second-order valence-electron chi connectivity index (χ2n) is 4.54. The van der Waals surface area contributed by atoms with E-state index in [0.29, 0.717) is 24.2 Å². The molecule has 0 aliphatic rings. The Labute approximate surface area is 108 Å². The summed E-state index contributed by atoms with van der Waals surface area (Å²) in [6.07, 6.45) is 2.14. The molecule has 0 saturated carbocycles. The van der Waals surface area contributed by atoms with Gasteiger partial charge in [0.2, 0.25) is 0 Å². The van der Waals surface area contributed by atoms with Gasteiger partial charge in [0, 0.05) is 19.5 Å². The monoisotopic (exact) mass is 254 g/mol. The summed E-state index contributed by atoms with van der Waals surface area (Å²) in [6, 6.07) is 0.207. The number of likely N-dealkylation sites (N-methyl/N-ethyl adjacent to an activating group) is 1. The van der Waals surface area contributed by atoms with Crippen molar-refractivity contribution in [3.63, 3.8) is 0 Å². The van der Waals surface area contributed by atoms with Gasteiger partial charge < -0.3 is 5.32 Å². The number of aryl methyl sites for hydroxylation is 2. The molecule has 1 rings (SSSR count). The molecule has 0 aliphatic heterocycles. The fourth-order valence-electron chi connectivity index (χ4n) is 2.16. The van der Waals surface area contributed by atoms with Crippen LogP contribution in [-0.2, 0) is 19.9 Å². The summed E-state index contributed by atoms with van der Waals surface area (Å²) < 4.78 is 1.65. The van der Waals surface area contributed by atoms with Crippen LogP contribution in [0.3, 0.4) is 0 Å². The van der Waals surface area contributed by atoms with E-state index in [1.807, 2.05) is 20.8 Å². The minimum Gasteiger partial charge on any atom is -0.314 e. The first kappa shape index (κ1) is 14.6. The molecule has 1 unspecified atom stereocenters. The molecular weight excluding hydrogens is 232 g/mol. The van der Waals surface area contributed by atoms with Gasteiger partial charge in [-0.2, -0.15) is 5.10 Å². The summed E-state index contributed by atoms with van der Waals surface area (Å²) >= 11 is 0. The van der Waals surface area contributed by atoms with Crippen LogP contribution in [0.25, 0.3) is 0 Å². The van der Waals surface area contributed by atoms with E-state index in [1.54, 1.807) is 11.7 Å². The fraction of sp³-hybridized carbons (Fsp3) is 0.750. The van der Waals surface area contributed by atoms with Gasteiger partial charge >= 0.3 is 5.69 Å². The lowest BCUT2D eigenvalue weighted by Gasteiger charge is -2.11. The summed E-state index contributed by atoms with van der Waals surface area (Å²) in [5.74, 6) is 0. The molecule has 102 valence electrons. The molecule has 0 radical (unpaired) electrons. The topological polar surface area (TPSA) is 73.0 Å². The lowest BCUT2D eigenvalue weighted by molar-refractivity contribution is -0.386. The minimum absolute atomic E-state index is 0.198. The summed E-state index contributed by atoms with van der Waals surface area (Å²) in [5, 5.41) is 18.7. The molecule has 0 amide bonds. The summed E-state index contributed by atoms with van der Waals surface area (Å²) in [7, 11) is 1.78. The Morgan fingerprint density at radius 1 is 1.50 bits per heavy atom. The van der Waals surface area contributed by atoms with E-state index in [2.05, 4.69) is 10.4 Å². The van der Waals surface area contributed by atoms with Crippen molar-refractivity contribution in [3.05, 3.63) is 21.5 Å². The average Bonchev–Trinajstić information content (AvgIpc) is 2.56. The van der Waals surface area contributed by atoms with Crippen molar-refractivity contribution in [2.24, 2.45) is 7.05 Å². The molecular formula is C12H22N4O2. The zero-order valence-electron chi connectivity index (χ0n) is 11.6. The number of hydrogen-bond acceptors (Lipinski definition) is 4. The molecule has 18 heavy (non-hydrogen) atoms. The van der Waals surface area contributed by atoms with Crippen molar-refractivity contribution in [2.75, 3.05) is 6.54 Å². The highest BCUT2D eigenvalue weighted by atomic mass is 16.6. The number of aromatic nitrogens is 2. The van der Waals surface area contributed by atoms with Gasteiger partial charge in [0.1, 0.15) is 11.4 Å². The molecule has 0 fully saturated rings. The van der Waals surface area contributed by atoms with Gasteiger partial charge in [0.25, 0.3) is 0 Å². The highest BCUT2D eigenvalue weighted by Crippen LogP contribution is 2.25. The first-order valence-electron chi connectivity index (χ1n) is 6.43.